The molecule has 0 radical (unpaired) electrons. The van der Waals surface area contributed by atoms with Crippen LogP contribution in [0.2, 0.25) is 0 Å². The summed E-state index contributed by atoms with van der Waals surface area (Å²) in [7, 11) is 0. The first-order chi connectivity index (χ1) is 11.7. The quantitative estimate of drug-likeness (QED) is 0.706. The maximum Gasteiger partial charge on any atom is 0.163 e. The number of halogens is 1. The van der Waals surface area contributed by atoms with Crippen molar-refractivity contribution in [3.63, 3.8) is 0 Å². The molecule has 0 bridgehead atoms. The first kappa shape index (κ1) is 18.9. The van der Waals surface area contributed by atoms with Crippen molar-refractivity contribution in [2.24, 2.45) is 0 Å². The summed E-state index contributed by atoms with van der Waals surface area (Å²) in [6.07, 6.45) is -0.131. The van der Waals surface area contributed by atoms with E-state index >= 15 is 0 Å². The van der Waals surface area contributed by atoms with Gasteiger partial charge in [-0.1, -0.05) is 0 Å². The first-order valence-electron chi connectivity index (χ1n) is 8.41. The molecular formula is C18H25BrO6. The smallest absolute Gasteiger partial charge is 0.163 e. The zero-order chi connectivity index (χ0) is 18.1. The zero-order valence-electron chi connectivity index (χ0n) is 15.0. The number of rotatable bonds is 6. The summed E-state index contributed by atoms with van der Waals surface area (Å²) >= 11 is 3.52. The van der Waals surface area contributed by atoms with E-state index in [9.17, 15) is 0 Å². The van der Waals surface area contributed by atoms with Crippen LogP contribution in [0.5, 0.6) is 11.5 Å². The van der Waals surface area contributed by atoms with E-state index in [-0.39, 0.29) is 12.2 Å². The van der Waals surface area contributed by atoms with Gasteiger partial charge in [0.2, 0.25) is 0 Å². The largest absolute Gasteiger partial charge is 0.491 e. The fraction of sp³-hybridized carbons (Fsp3) is 0.667. The highest BCUT2D eigenvalue weighted by Gasteiger charge is 2.34. The third-order valence-electron chi connectivity index (χ3n) is 3.90. The van der Waals surface area contributed by atoms with Gasteiger partial charge in [-0.05, 0) is 61.8 Å². The van der Waals surface area contributed by atoms with Crippen LogP contribution in [0.1, 0.15) is 27.7 Å². The molecule has 2 saturated heterocycles. The van der Waals surface area contributed by atoms with E-state index in [4.69, 9.17) is 28.4 Å². The number of hydrogen-bond donors (Lipinski definition) is 0. The molecule has 6 nitrogen and oxygen atoms in total. The maximum atomic E-state index is 5.82. The maximum absolute atomic E-state index is 5.82. The van der Waals surface area contributed by atoms with E-state index < -0.39 is 11.6 Å². The molecule has 3 rings (SSSR count). The summed E-state index contributed by atoms with van der Waals surface area (Å²) in [6.45, 7) is 9.54. The van der Waals surface area contributed by atoms with Crippen LogP contribution < -0.4 is 9.47 Å². The summed E-state index contributed by atoms with van der Waals surface area (Å²) in [5, 5.41) is 0. The Hall–Kier alpha value is -0.860. The van der Waals surface area contributed by atoms with Gasteiger partial charge in [0.1, 0.15) is 36.9 Å². The lowest BCUT2D eigenvalue weighted by Gasteiger charge is -2.18. The van der Waals surface area contributed by atoms with Gasteiger partial charge in [-0.25, -0.2) is 0 Å². The highest BCUT2D eigenvalue weighted by Crippen LogP contribution is 2.31. The minimum atomic E-state index is -0.538. The molecule has 2 aliphatic rings. The van der Waals surface area contributed by atoms with E-state index in [1.165, 1.54) is 0 Å². The topological polar surface area (TPSA) is 55.4 Å². The molecule has 0 N–H and O–H groups in total. The summed E-state index contributed by atoms with van der Waals surface area (Å²) in [5.74, 6) is 0.410. The van der Waals surface area contributed by atoms with Crippen LogP contribution in [0.15, 0.2) is 22.7 Å². The number of hydrogen-bond acceptors (Lipinski definition) is 6. The molecule has 2 aliphatic heterocycles. The lowest BCUT2D eigenvalue weighted by molar-refractivity contribution is -0.142. The fourth-order valence-electron chi connectivity index (χ4n) is 2.75. The van der Waals surface area contributed by atoms with Crippen LogP contribution in [0.25, 0.3) is 0 Å². The molecule has 2 atom stereocenters. The van der Waals surface area contributed by atoms with Gasteiger partial charge < -0.3 is 28.4 Å². The van der Waals surface area contributed by atoms with Gasteiger partial charge in [-0.3, -0.25) is 0 Å². The second-order valence-corrected chi connectivity index (χ2v) is 7.97. The Morgan fingerprint density at radius 2 is 1.52 bits per heavy atom. The molecule has 25 heavy (non-hydrogen) atoms. The van der Waals surface area contributed by atoms with Crippen LogP contribution in [0.3, 0.4) is 0 Å². The van der Waals surface area contributed by atoms with E-state index in [1.54, 1.807) is 0 Å². The Labute approximate surface area is 156 Å². The molecule has 0 amide bonds. The molecule has 7 heteroatoms. The van der Waals surface area contributed by atoms with Crippen molar-refractivity contribution in [3.05, 3.63) is 22.7 Å². The zero-order valence-corrected chi connectivity index (χ0v) is 16.6. The van der Waals surface area contributed by atoms with Gasteiger partial charge in [-0.15, -0.1) is 0 Å². The Morgan fingerprint density at radius 1 is 0.960 bits per heavy atom. The van der Waals surface area contributed by atoms with Crippen molar-refractivity contribution >= 4 is 15.9 Å². The van der Waals surface area contributed by atoms with Crippen molar-refractivity contribution in [2.45, 2.75) is 51.5 Å². The third kappa shape index (κ3) is 5.31. The Kier molecular flexibility index (Phi) is 5.60. The van der Waals surface area contributed by atoms with Crippen molar-refractivity contribution in [2.75, 3.05) is 26.4 Å². The molecule has 2 unspecified atom stereocenters. The predicted octanol–water partition coefficient (Wildman–Crippen LogP) is 3.51. The minimum absolute atomic E-state index is 0.0624. The average Bonchev–Trinajstić information content (AvgIpc) is 3.05. The van der Waals surface area contributed by atoms with E-state index in [0.29, 0.717) is 26.4 Å². The SMILES string of the molecule is CC1(C)OCC(COc2ccc(OCC3COC(C)(C)O3)c(Br)c2)O1. The van der Waals surface area contributed by atoms with E-state index in [2.05, 4.69) is 15.9 Å². The minimum Gasteiger partial charge on any atom is -0.491 e. The van der Waals surface area contributed by atoms with Crippen LogP contribution in [0, 0.1) is 0 Å². The van der Waals surface area contributed by atoms with Crippen LogP contribution >= 0.6 is 15.9 Å². The molecule has 0 aliphatic carbocycles. The first-order valence-corrected chi connectivity index (χ1v) is 9.20. The standard InChI is InChI=1S/C18H25BrO6/c1-17(2)22-10-13(24-17)8-20-12-5-6-16(15(19)7-12)21-9-14-11-23-18(3,4)25-14/h5-7,13-14H,8-11H2,1-4H3. The molecule has 2 fully saturated rings. The second-order valence-electron chi connectivity index (χ2n) is 7.12. The van der Waals surface area contributed by atoms with Gasteiger partial charge >= 0.3 is 0 Å². The summed E-state index contributed by atoms with van der Waals surface area (Å²) in [5.41, 5.74) is 0. The van der Waals surface area contributed by atoms with Crippen molar-refractivity contribution < 1.29 is 28.4 Å². The van der Waals surface area contributed by atoms with Gasteiger partial charge in [-0.2, -0.15) is 0 Å². The average molecular weight is 417 g/mol. The van der Waals surface area contributed by atoms with Gasteiger partial charge in [0.25, 0.3) is 0 Å². The lowest BCUT2D eigenvalue weighted by atomic mass is 10.3. The number of benzene rings is 1. The summed E-state index contributed by atoms with van der Waals surface area (Å²) < 4.78 is 35.0. The van der Waals surface area contributed by atoms with Gasteiger partial charge in [0, 0.05) is 0 Å². The molecular weight excluding hydrogens is 392 g/mol. The summed E-state index contributed by atoms with van der Waals surface area (Å²) in [4.78, 5) is 0. The van der Waals surface area contributed by atoms with Crippen molar-refractivity contribution in [1.29, 1.82) is 0 Å². The number of ether oxygens (including phenoxy) is 6. The summed E-state index contributed by atoms with van der Waals surface area (Å²) in [6, 6.07) is 5.62. The normalized spacial score (nSPS) is 27.4. The lowest BCUT2D eigenvalue weighted by Crippen LogP contribution is -2.25. The van der Waals surface area contributed by atoms with Gasteiger partial charge in [0.15, 0.2) is 11.6 Å². The Morgan fingerprint density at radius 3 is 2.00 bits per heavy atom. The molecule has 0 saturated carbocycles. The van der Waals surface area contributed by atoms with Crippen LogP contribution in [-0.4, -0.2) is 50.2 Å². The molecule has 0 aromatic heterocycles. The third-order valence-corrected chi connectivity index (χ3v) is 4.52. The predicted molar refractivity (Wildman–Crippen MR) is 94.9 cm³/mol. The highest BCUT2D eigenvalue weighted by atomic mass is 79.9. The van der Waals surface area contributed by atoms with E-state index in [0.717, 1.165) is 16.0 Å². The fourth-order valence-corrected chi connectivity index (χ4v) is 3.22. The van der Waals surface area contributed by atoms with Crippen molar-refractivity contribution in [3.8, 4) is 11.5 Å². The monoisotopic (exact) mass is 416 g/mol. The molecule has 140 valence electrons. The van der Waals surface area contributed by atoms with Crippen LogP contribution in [0.4, 0.5) is 0 Å². The molecule has 2 heterocycles. The molecule has 1 aromatic rings. The van der Waals surface area contributed by atoms with Gasteiger partial charge in [0.05, 0.1) is 17.7 Å². The second kappa shape index (κ2) is 7.40. The Balaban J connectivity index is 1.47. The van der Waals surface area contributed by atoms with E-state index in [1.807, 2.05) is 45.9 Å². The van der Waals surface area contributed by atoms with Crippen molar-refractivity contribution in [1.82, 2.24) is 0 Å². The molecule has 0 spiro atoms. The molecule has 1 aromatic carbocycles. The Bertz CT molecular complexity index is 603. The highest BCUT2D eigenvalue weighted by molar-refractivity contribution is 9.10. The van der Waals surface area contributed by atoms with Crippen LogP contribution in [-0.2, 0) is 18.9 Å².